The van der Waals surface area contributed by atoms with Gasteiger partial charge in [0, 0.05) is 24.4 Å². The molecule has 1 aromatic carbocycles. The van der Waals surface area contributed by atoms with Crippen molar-refractivity contribution in [1.82, 2.24) is 10.3 Å². The fraction of sp³-hybridized carbons (Fsp3) is 0.368. The molecule has 0 saturated heterocycles. The molecule has 0 radical (unpaired) electrons. The molecule has 25 heavy (non-hydrogen) atoms. The Labute approximate surface area is 146 Å². The van der Waals surface area contributed by atoms with Gasteiger partial charge in [0.05, 0.1) is 7.11 Å². The minimum absolute atomic E-state index is 0.111. The second-order valence-electron chi connectivity index (χ2n) is 6.06. The molecule has 1 saturated carbocycles. The molecule has 3 rings (SSSR count). The number of amides is 1. The largest absolute Gasteiger partial charge is 0.494 e. The lowest BCUT2D eigenvalue weighted by Gasteiger charge is -2.13. The second-order valence-corrected chi connectivity index (χ2v) is 6.06. The van der Waals surface area contributed by atoms with E-state index in [0.29, 0.717) is 12.4 Å². The number of hydrogen-bond donors (Lipinski definition) is 1. The van der Waals surface area contributed by atoms with Gasteiger partial charge in [0.1, 0.15) is 6.10 Å². The summed E-state index contributed by atoms with van der Waals surface area (Å²) in [6.07, 6.45) is 6.41. The highest BCUT2D eigenvalue weighted by Gasteiger charge is 2.17. The van der Waals surface area contributed by atoms with Crippen LogP contribution in [0.5, 0.6) is 11.6 Å². The summed E-state index contributed by atoms with van der Waals surface area (Å²) >= 11 is 0. The molecule has 0 atom stereocenters. The SMILES string of the molecule is COc1ccc(C(=O)NCc2ccnc(OC3CCCC3)c2)cc1F. The zero-order valence-corrected chi connectivity index (χ0v) is 14.1. The molecule has 6 heteroatoms. The van der Waals surface area contributed by atoms with Gasteiger partial charge in [-0.15, -0.1) is 0 Å². The highest BCUT2D eigenvalue weighted by Crippen LogP contribution is 2.23. The molecule has 0 bridgehead atoms. The number of nitrogens with zero attached hydrogens (tertiary/aromatic N) is 1. The Morgan fingerprint density at radius 2 is 2.08 bits per heavy atom. The number of carbonyl (C=O) groups is 1. The Morgan fingerprint density at radius 3 is 2.80 bits per heavy atom. The normalized spacial score (nSPS) is 14.3. The van der Waals surface area contributed by atoms with E-state index in [1.54, 1.807) is 6.20 Å². The molecule has 0 unspecified atom stereocenters. The van der Waals surface area contributed by atoms with Crippen molar-refractivity contribution in [1.29, 1.82) is 0 Å². The van der Waals surface area contributed by atoms with Crippen LogP contribution >= 0.6 is 0 Å². The third-order valence-corrected chi connectivity index (χ3v) is 4.26. The van der Waals surface area contributed by atoms with Crippen LogP contribution in [0.25, 0.3) is 0 Å². The van der Waals surface area contributed by atoms with Crippen molar-refractivity contribution in [2.24, 2.45) is 0 Å². The highest BCUT2D eigenvalue weighted by molar-refractivity contribution is 5.94. The number of nitrogens with one attached hydrogen (secondary N) is 1. The minimum Gasteiger partial charge on any atom is -0.494 e. The topological polar surface area (TPSA) is 60.5 Å². The van der Waals surface area contributed by atoms with Gasteiger partial charge in [-0.3, -0.25) is 4.79 Å². The van der Waals surface area contributed by atoms with Gasteiger partial charge in [-0.25, -0.2) is 9.37 Å². The molecule has 0 aliphatic heterocycles. The maximum atomic E-state index is 13.7. The van der Waals surface area contributed by atoms with Crippen LogP contribution in [0.15, 0.2) is 36.5 Å². The van der Waals surface area contributed by atoms with Crippen LogP contribution in [-0.2, 0) is 6.54 Å². The zero-order chi connectivity index (χ0) is 17.6. The van der Waals surface area contributed by atoms with Crippen molar-refractivity contribution >= 4 is 5.91 Å². The fourth-order valence-electron chi connectivity index (χ4n) is 2.89. The molecule has 1 heterocycles. The third-order valence-electron chi connectivity index (χ3n) is 4.26. The quantitative estimate of drug-likeness (QED) is 0.871. The molecule has 0 spiro atoms. The Hall–Kier alpha value is -2.63. The molecule has 5 nitrogen and oxygen atoms in total. The summed E-state index contributed by atoms with van der Waals surface area (Å²) in [6.45, 7) is 0.316. The van der Waals surface area contributed by atoms with E-state index in [-0.39, 0.29) is 23.3 Å². The molecule has 1 aromatic heterocycles. The van der Waals surface area contributed by atoms with Gasteiger partial charge >= 0.3 is 0 Å². The number of hydrogen-bond acceptors (Lipinski definition) is 4. The zero-order valence-electron chi connectivity index (χ0n) is 14.1. The first-order valence-electron chi connectivity index (χ1n) is 8.39. The average Bonchev–Trinajstić information content (AvgIpc) is 3.13. The summed E-state index contributed by atoms with van der Waals surface area (Å²) in [7, 11) is 1.38. The first kappa shape index (κ1) is 17.2. The van der Waals surface area contributed by atoms with Crippen molar-refractivity contribution in [3.63, 3.8) is 0 Å². The maximum absolute atomic E-state index is 13.7. The van der Waals surface area contributed by atoms with Gasteiger partial charge in [0.25, 0.3) is 5.91 Å². The molecular weight excluding hydrogens is 323 g/mol. The summed E-state index contributed by atoms with van der Waals surface area (Å²) in [5, 5.41) is 2.77. The van der Waals surface area contributed by atoms with Crippen molar-refractivity contribution in [2.75, 3.05) is 7.11 Å². The molecule has 1 aliphatic rings. The van der Waals surface area contributed by atoms with E-state index in [0.717, 1.165) is 24.5 Å². The maximum Gasteiger partial charge on any atom is 0.251 e. The van der Waals surface area contributed by atoms with Gasteiger partial charge in [-0.2, -0.15) is 0 Å². The number of aromatic nitrogens is 1. The molecule has 1 aliphatic carbocycles. The lowest BCUT2D eigenvalue weighted by Crippen LogP contribution is -2.23. The Kier molecular flexibility index (Phi) is 5.48. The van der Waals surface area contributed by atoms with Crippen LogP contribution in [0.4, 0.5) is 4.39 Å². The monoisotopic (exact) mass is 344 g/mol. The summed E-state index contributed by atoms with van der Waals surface area (Å²) in [6, 6.07) is 7.77. The third kappa shape index (κ3) is 4.47. The summed E-state index contributed by atoms with van der Waals surface area (Å²) in [5.74, 6) is -0.225. The van der Waals surface area contributed by atoms with Gasteiger partial charge in [-0.05, 0) is 55.5 Å². The molecule has 1 N–H and O–H groups in total. The van der Waals surface area contributed by atoms with Crippen molar-refractivity contribution in [2.45, 2.75) is 38.3 Å². The van der Waals surface area contributed by atoms with Crippen LogP contribution in [0.1, 0.15) is 41.6 Å². The van der Waals surface area contributed by atoms with Crippen molar-refractivity contribution in [3.05, 3.63) is 53.5 Å². The number of carbonyl (C=O) groups excluding carboxylic acids is 1. The van der Waals surface area contributed by atoms with E-state index >= 15 is 0 Å². The van der Waals surface area contributed by atoms with E-state index in [2.05, 4.69) is 10.3 Å². The summed E-state index contributed by atoms with van der Waals surface area (Å²) < 4.78 is 24.4. The van der Waals surface area contributed by atoms with Crippen molar-refractivity contribution < 1.29 is 18.7 Å². The Balaban J connectivity index is 1.59. The van der Waals surface area contributed by atoms with E-state index in [4.69, 9.17) is 9.47 Å². The Bertz CT molecular complexity index is 745. The van der Waals surface area contributed by atoms with Crippen LogP contribution in [0, 0.1) is 5.82 Å². The van der Waals surface area contributed by atoms with E-state index in [1.165, 1.54) is 32.1 Å². The smallest absolute Gasteiger partial charge is 0.251 e. The number of methoxy groups -OCH3 is 1. The molecule has 1 amide bonds. The standard InChI is InChI=1S/C19H21FN2O3/c1-24-17-7-6-14(11-16(17)20)19(23)22-12-13-8-9-21-18(10-13)25-15-4-2-3-5-15/h6-11,15H,2-5,12H2,1H3,(H,22,23). The second kappa shape index (κ2) is 7.96. The van der Waals surface area contributed by atoms with Gasteiger partial charge < -0.3 is 14.8 Å². The average molecular weight is 344 g/mol. The van der Waals surface area contributed by atoms with Crippen LogP contribution in [0.2, 0.25) is 0 Å². The lowest BCUT2D eigenvalue weighted by molar-refractivity contribution is 0.0950. The fourth-order valence-corrected chi connectivity index (χ4v) is 2.89. The molecule has 132 valence electrons. The number of rotatable bonds is 6. The number of pyridine rings is 1. The predicted molar refractivity (Wildman–Crippen MR) is 91.2 cm³/mol. The highest BCUT2D eigenvalue weighted by atomic mass is 19.1. The van der Waals surface area contributed by atoms with E-state index in [1.807, 2.05) is 12.1 Å². The van der Waals surface area contributed by atoms with Crippen LogP contribution in [-0.4, -0.2) is 24.1 Å². The van der Waals surface area contributed by atoms with Crippen LogP contribution < -0.4 is 14.8 Å². The molecule has 1 fully saturated rings. The number of benzene rings is 1. The Morgan fingerprint density at radius 1 is 1.28 bits per heavy atom. The summed E-state index contributed by atoms with van der Waals surface area (Å²) in [5.41, 5.74) is 1.13. The van der Waals surface area contributed by atoms with Gasteiger partial charge in [0.2, 0.25) is 5.88 Å². The lowest BCUT2D eigenvalue weighted by atomic mass is 10.2. The van der Waals surface area contributed by atoms with Gasteiger partial charge in [0.15, 0.2) is 11.6 Å². The van der Waals surface area contributed by atoms with Gasteiger partial charge in [-0.1, -0.05) is 0 Å². The van der Waals surface area contributed by atoms with E-state index < -0.39 is 5.82 Å². The first-order valence-corrected chi connectivity index (χ1v) is 8.39. The summed E-state index contributed by atoms with van der Waals surface area (Å²) in [4.78, 5) is 16.4. The molecule has 2 aromatic rings. The van der Waals surface area contributed by atoms with E-state index in [9.17, 15) is 9.18 Å². The number of halogens is 1. The first-order chi connectivity index (χ1) is 12.2. The predicted octanol–water partition coefficient (Wildman–Crippen LogP) is 3.48. The number of ether oxygens (including phenoxy) is 2. The van der Waals surface area contributed by atoms with Crippen LogP contribution in [0.3, 0.4) is 0 Å². The molecular formula is C19H21FN2O3. The van der Waals surface area contributed by atoms with Crippen molar-refractivity contribution in [3.8, 4) is 11.6 Å². The minimum atomic E-state index is -0.564.